The minimum absolute atomic E-state index is 0.0934. The van der Waals surface area contributed by atoms with Crippen molar-refractivity contribution in [1.29, 1.82) is 0 Å². The van der Waals surface area contributed by atoms with Crippen molar-refractivity contribution in [2.45, 2.75) is 32.3 Å². The molecule has 1 heterocycles. The number of benzene rings is 1. The summed E-state index contributed by atoms with van der Waals surface area (Å²) in [4.78, 5) is 13.6. The number of aliphatic hydroxyl groups is 1. The molecule has 0 bridgehead atoms. The summed E-state index contributed by atoms with van der Waals surface area (Å²) in [5, 5.41) is 9.90. The Morgan fingerprint density at radius 3 is 2.59 bits per heavy atom. The average Bonchev–Trinajstić information content (AvgIpc) is 2.29. The monoisotopic (exact) mass is 233 g/mol. The minimum Gasteiger partial charge on any atom is -0.390 e. The van der Waals surface area contributed by atoms with E-state index in [1.54, 1.807) is 6.92 Å². The normalized spacial score (nSPS) is 19.1. The summed E-state index contributed by atoms with van der Waals surface area (Å²) in [5.74, 6) is 0.0934. The van der Waals surface area contributed by atoms with Crippen LogP contribution in [0.15, 0.2) is 24.3 Å². The lowest BCUT2D eigenvalue weighted by Crippen LogP contribution is -2.42. The largest absolute Gasteiger partial charge is 0.390 e. The first-order valence-electron chi connectivity index (χ1n) is 6.06. The lowest BCUT2D eigenvalue weighted by atomic mass is 9.93. The number of Topliss-reactive ketones (excluding diaryl/α,β-unsaturated/α-hetero) is 1. The van der Waals surface area contributed by atoms with E-state index in [0.29, 0.717) is 0 Å². The molecule has 0 aromatic heterocycles. The van der Waals surface area contributed by atoms with Crippen molar-refractivity contribution in [2.75, 3.05) is 18.0 Å². The van der Waals surface area contributed by atoms with Gasteiger partial charge in [0.1, 0.15) is 0 Å². The van der Waals surface area contributed by atoms with Crippen LogP contribution >= 0.6 is 0 Å². The highest BCUT2D eigenvalue weighted by Crippen LogP contribution is 2.26. The van der Waals surface area contributed by atoms with E-state index in [0.717, 1.165) is 37.2 Å². The Morgan fingerprint density at radius 1 is 1.35 bits per heavy atom. The van der Waals surface area contributed by atoms with Crippen molar-refractivity contribution in [3.05, 3.63) is 29.8 Å². The highest BCUT2D eigenvalue weighted by Gasteiger charge is 2.27. The smallest absolute Gasteiger partial charge is 0.159 e. The second kappa shape index (κ2) is 4.49. The van der Waals surface area contributed by atoms with Crippen molar-refractivity contribution in [3.63, 3.8) is 0 Å². The van der Waals surface area contributed by atoms with Gasteiger partial charge in [0.15, 0.2) is 5.78 Å². The number of carbonyl (C=O) groups is 1. The first-order valence-corrected chi connectivity index (χ1v) is 6.06. The number of carbonyl (C=O) groups excluding carboxylic acids is 1. The summed E-state index contributed by atoms with van der Waals surface area (Å²) >= 11 is 0. The van der Waals surface area contributed by atoms with Crippen molar-refractivity contribution >= 4 is 11.5 Å². The van der Waals surface area contributed by atoms with E-state index in [1.165, 1.54) is 0 Å². The van der Waals surface area contributed by atoms with Crippen LogP contribution in [0.25, 0.3) is 0 Å². The van der Waals surface area contributed by atoms with Gasteiger partial charge in [-0.2, -0.15) is 0 Å². The lowest BCUT2D eigenvalue weighted by Gasteiger charge is -2.37. The van der Waals surface area contributed by atoms with Crippen LogP contribution in [0, 0.1) is 0 Å². The van der Waals surface area contributed by atoms with Crippen LogP contribution in [0.1, 0.15) is 37.0 Å². The summed E-state index contributed by atoms with van der Waals surface area (Å²) < 4.78 is 0. The van der Waals surface area contributed by atoms with Crippen molar-refractivity contribution < 1.29 is 9.90 Å². The molecule has 92 valence electrons. The molecule has 3 heteroatoms. The fraction of sp³-hybridized carbons (Fsp3) is 0.500. The second-order valence-corrected chi connectivity index (χ2v) is 5.09. The molecule has 0 aliphatic carbocycles. The molecule has 1 aliphatic rings. The molecular weight excluding hydrogens is 214 g/mol. The van der Waals surface area contributed by atoms with Crippen LogP contribution in [-0.2, 0) is 0 Å². The van der Waals surface area contributed by atoms with Gasteiger partial charge < -0.3 is 10.0 Å². The van der Waals surface area contributed by atoms with Gasteiger partial charge in [-0.05, 0) is 38.8 Å². The van der Waals surface area contributed by atoms with Crippen molar-refractivity contribution in [1.82, 2.24) is 0 Å². The zero-order valence-corrected chi connectivity index (χ0v) is 10.4. The van der Waals surface area contributed by atoms with Gasteiger partial charge >= 0.3 is 0 Å². The second-order valence-electron chi connectivity index (χ2n) is 5.09. The number of nitrogens with zero attached hydrogens (tertiary/aromatic N) is 1. The third-order valence-corrected chi connectivity index (χ3v) is 3.46. The Balaban J connectivity index is 2.13. The maximum atomic E-state index is 11.3. The Labute approximate surface area is 102 Å². The predicted octanol–water partition coefficient (Wildman–Crippen LogP) is 2.24. The SMILES string of the molecule is CC(=O)c1cccc(N2CCC(C)(O)CC2)c1. The first-order chi connectivity index (χ1) is 7.98. The Kier molecular flexibility index (Phi) is 3.20. The fourth-order valence-corrected chi connectivity index (χ4v) is 2.17. The number of rotatable bonds is 2. The minimum atomic E-state index is -0.533. The number of hydrogen-bond acceptors (Lipinski definition) is 3. The van der Waals surface area contributed by atoms with Crippen LogP contribution in [0.5, 0.6) is 0 Å². The standard InChI is InChI=1S/C14H19NO2/c1-11(16)12-4-3-5-13(10-12)15-8-6-14(2,17)7-9-15/h3-5,10,17H,6-9H2,1-2H3. The summed E-state index contributed by atoms with van der Waals surface area (Å²) in [5.41, 5.74) is 1.29. The van der Waals surface area contributed by atoms with Crippen LogP contribution in [0.2, 0.25) is 0 Å². The third-order valence-electron chi connectivity index (χ3n) is 3.46. The molecule has 0 saturated carbocycles. The molecule has 0 amide bonds. The highest BCUT2D eigenvalue weighted by molar-refractivity contribution is 5.94. The van der Waals surface area contributed by atoms with E-state index in [9.17, 15) is 9.90 Å². The van der Waals surface area contributed by atoms with Crippen LogP contribution in [-0.4, -0.2) is 29.6 Å². The molecule has 1 fully saturated rings. The molecule has 0 atom stereocenters. The molecule has 2 rings (SSSR count). The molecule has 1 aliphatic heterocycles. The van der Waals surface area contributed by atoms with Gasteiger partial charge in [0, 0.05) is 24.3 Å². The van der Waals surface area contributed by atoms with E-state index >= 15 is 0 Å². The number of anilines is 1. The molecule has 0 unspecified atom stereocenters. The van der Waals surface area contributed by atoms with E-state index in [-0.39, 0.29) is 5.78 Å². The van der Waals surface area contributed by atoms with E-state index in [4.69, 9.17) is 0 Å². The van der Waals surface area contributed by atoms with Gasteiger partial charge in [0.2, 0.25) is 0 Å². The highest BCUT2D eigenvalue weighted by atomic mass is 16.3. The number of piperidine rings is 1. The predicted molar refractivity (Wildman–Crippen MR) is 68.5 cm³/mol. The lowest BCUT2D eigenvalue weighted by molar-refractivity contribution is 0.0351. The van der Waals surface area contributed by atoms with Gasteiger partial charge in [0.25, 0.3) is 0 Å². The van der Waals surface area contributed by atoms with Gasteiger partial charge in [-0.1, -0.05) is 12.1 Å². The zero-order valence-electron chi connectivity index (χ0n) is 10.4. The van der Waals surface area contributed by atoms with Gasteiger partial charge in [0.05, 0.1) is 5.60 Å². The van der Waals surface area contributed by atoms with Gasteiger partial charge in [-0.3, -0.25) is 4.79 Å². The number of ketones is 1. The summed E-state index contributed by atoms with van der Waals surface area (Å²) in [7, 11) is 0. The van der Waals surface area contributed by atoms with E-state index in [1.807, 2.05) is 31.2 Å². The average molecular weight is 233 g/mol. The summed E-state index contributed by atoms with van der Waals surface area (Å²) in [6.45, 7) is 5.15. The quantitative estimate of drug-likeness (QED) is 0.796. The van der Waals surface area contributed by atoms with Crippen LogP contribution < -0.4 is 4.90 Å². The summed E-state index contributed by atoms with van der Waals surface area (Å²) in [6.07, 6.45) is 1.55. The molecular formula is C14H19NO2. The van der Waals surface area contributed by atoms with Gasteiger partial charge in [-0.25, -0.2) is 0 Å². The first kappa shape index (κ1) is 12.1. The molecule has 1 aromatic rings. The topological polar surface area (TPSA) is 40.5 Å². The molecule has 17 heavy (non-hydrogen) atoms. The Hall–Kier alpha value is -1.35. The molecule has 0 spiro atoms. The van der Waals surface area contributed by atoms with E-state index in [2.05, 4.69) is 4.90 Å². The Bertz CT molecular complexity index is 416. The molecule has 1 N–H and O–H groups in total. The molecule has 0 radical (unpaired) electrons. The Morgan fingerprint density at radius 2 is 2.00 bits per heavy atom. The number of hydrogen-bond donors (Lipinski definition) is 1. The van der Waals surface area contributed by atoms with Crippen LogP contribution in [0.3, 0.4) is 0 Å². The molecule has 1 aromatic carbocycles. The van der Waals surface area contributed by atoms with Crippen molar-refractivity contribution in [2.24, 2.45) is 0 Å². The maximum absolute atomic E-state index is 11.3. The van der Waals surface area contributed by atoms with Gasteiger partial charge in [-0.15, -0.1) is 0 Å². The van der Waals surface area contributed by atoms with Crippen molar-refractivity contribution in [3.8, 4) is 0 Å². The fourth-order valence-electron chi connectivity index (χ4n) is 2.17. The van der Waals surface area contributed by atoms with E-state index < -0.39 is 5.60 Å². The molecule has 3 nitrogen and oxygen atoms in total. The zero-order chi connectivity index (χ0) is 12.5. The maximum Gasteiger partial charge on any atom is 0.159 e. The molecule has 1 saturated heterocycles. The van der Waals surface area contributed by atoms with Crippen LogP contribution in [0.4, 0.5) is 5.69 Å². The summed E-state index contributed by atoms with van der Waals surface area (Å²) in [6, 6.07) is 7.71. The third kappa shape index (κ3) is 2.86.